The van der Waals surface area contributed by atoms with Crippen LogP contribution >= 0.6 is 11.6 Å². The number of hydrogen-bond donors (Lipinski definition) is 0. The van der Waals surface area contributed by atoms with Crippen LogP contribution in [-0.4, -0.2) is 0 Å². The molecule has 5 rings (SSSR count). The average molecular weight is 365 g/mol. The van der Waals surface area contributed by atoms with E-state index in [1.807, 2.05) is 12.1 Å². The zero-order valence-electron chi connectivity index (χ0n) is 14.7. The van der Waals surface area contributed by atoms with Gasteiger partial charge in [-0.3, -0.25) is 0 Å². The molecule has 5 aromatic carbocycles. The Kier molecular flexibility index (Phi) is 3.92. The number of halogens is 1. The Labute approximate surface area is 163 Å². The largest absolute Gasteiger partial charge is 0.0843 e. The van der Waals surface area contributed by atoms with E-state index in [1.165, 1.54) is 38.2 Å². The van der Waals surface area contributed by atoms with Gasteiger partial charge in [-0.1, -0.05) is 103 Å². The minimum Gasteiger partial charge on any atom is -0.0843 e. The van der Waals surface area contributed by atoms with Gasteiger partial charge < -0.3 is 0 Å². The molecule has 0 heterocycles. The van der Waals surface area contributed by atoms with Crippen LogP contribution in [0.15, 0.2) is 103 Å². The minimum absolute atomic E-state index is 0.757. The lowest BCUT2D eigenvalue weighted by Crippen LogP contribution is -1.90. The van der Waals surface area contributed by atoms with Gasteiger partial charge >= 0.3 is 0 Å². The van der Waals surface area contributed by atoms with Crippen LogP contribution in [0.4, 0.5) is 0 Å². The molecule has 0 fully saturated rings. The van der Waals surface area contributed by atoms with E-state index in [0.29, 0.717) is 0 Å². The molecule has 0 nitrogen and oxygen atoms in total. The smallest absolute Gasteiger partial charge is 0.0412 e. The predicted octanol–water partition coefficient (Wildman–Crippen LogP) is 7.98. The fourth-order valence-electron chi connectivity index (χ4n) is 4.00. The molecule has 0 N–H and O–H groups in total. The maximum absolute atomic E-state index is 6.32. The van der Waals surface area contributed by atoms with Crippen LogP contribution in [0, 0.1) is 0 Å². The Hall–Kier alpha value is -3.09. The van der Waals surface area contributed by atoms with Crippen LogP contribution in [-0.2, 0) is 0 Å². The van der Waals surface area contributed by atoms with Gasteiger partial charge in [0.05, 0.1) is 0 Å². The van der Waals surface area contributed by atoms with Gasteiger partial charge in [0.2, 0.25) is 0 Å². The normalized spacial score (nSPS) is 11.1. The predicted molar refractivity (Wildman–Crippen MR) is 117 cm³/mol. The van der Waals surface area contributed by atoms with Crippen molar-refractivity contribution in [3.63, 3.8) is 0 Å². The van der Waals surface area contributed by atoms with Gasteiger partial charge in [-0.05, 0) is 55.9 Å². The molecule has 0 unspecified atom stereocenters. The second kappa shape index (κ2) is 6.57. The highest BCUT2D eigenvalue weighted by Gasteiger charge is 2.15. The summed E-state index contributed by atoms with van der Waals surface area (Å²) in [6, 6.07) is 36.1. The summed E-state index contributed by atoms with van der Waals surface area (Å²) >= 11 is 6.32. The Morgan fingerprint density at radius 1 is 0.407 bits per heavy atom. The van der Waals surface area contributed by atoms with Crippen LogP contribution in [0.3, 0.4) is 0 Å². The van der Waals surface area contributed by atoms with Crippen molar-refractivity contribution in [3.8, 4) is 22.3 Å². The molecule has 0 radical (unpaired) electrons. The quantitative estimate of drug-likeness (QED) is 0.278. The van der Waals surface area contributed by atoms with Gasteiger partial charge in [-0.2, -0.15) is 0 Å². The Bertz CT molecular complexity index is 1210. The molecule has 0 aromatic heterocycles. The zero-order valence-corrected chi connectivity index (χ0v) is 15.4. The van der Waals surface area contributed by atoms with Crippen LogP contribution in [0.25, 0.3) is 43.8 Å². The van der Waals surface area contributed by atoms with Crippen LogP contribution in [0.2, 0.25) is 5.02 Å². The lowest BCUT2D eigenvalue weighted by molar-refractivity contribution is 1.65. The molecule has 0 saturated carbocycles. The Balaban J connectivity index is 2.01. The van der Waals surface area contributed by atoms with Gasteiger partial charge in [-0.25, -0.2) is 0 Å². The van der Waals surface area contributed by atoms with Gasteiger partial charge in [-0.15, -0.1) is 0 Å². The second-order valence-electron chi connectivity index (χ2n) is 6.72. The molecule has 1 heteroatoms. The molecule has 0 saturated heterocycles. The molecular formula is C26H17Cl. The van der Waals surface area contributed by atoms with Crippen LogP contribution < -0.4 is 0 Å². The first kappa shape index (κ1) is 16.1. The minimum atomic E-state index is 0.757. The Morgan fingerprint density at radius 3 is 1.37 bits per heavy atom. The van der Waals surface area contributed by atoms with Gasteiger partial charge in [0.25, 0.3) is 0 Å². The average Bonchev–Trinajstić information content (AvgIpc) is 2.72. The Morgan fingerprint density at radius 2 is 0.852 bits per heavy atom. The zero-order chi connectivity index (χ0) is 18.2. The van der Waals surface area contributed by atoms with E-state index in [4.69, 9.17) is 11.6 Å². The molecule has 0 bridgehead atoms. The number of benzene rings is 5. The van der Waals surface area contributed by atoms with Crippen molar-refractivity contribution in [2.45, 2.75) is 0 Å². The van der Waals surface area contributed by atoms with E-state index in [-0.39, 0.29) is 0 Å². The molecule has 128 valence electrons. The molecule has 0 amide bonds. The molecule has 0 spiro atoms. The van der Waals surface area contributed by atoms with Crippen molar-refractivity contribution < 1.29 is 0 Å². The summed E-state index contributed by atoms with van der Waals surface area (Å²) in [5.74, 6) is 0. The standard InChI is InChI=1S/C26H17Cl/c27-20-12-8-11-19(17-20)26-23-15-6-4-13-21(23)25(18-9-2-1-3-10-18)22-14-5-7-16-24(22)26/h1-17H. The first-order chi connectivity index (χ1) is 13.3. The van der Waals surface area contributed by atoms with Crippen molar-refractivity contribution in [3.05, 3.63) is 108 Å². The molecule has 0 aliphatic carbocycles. The van der Waals surface area contributed by atoms with E-state index in [1.54, 1.807) is 0 Å². The summed E-state index contributed by atoms with van der Waals surface area (Å²) < 4.78 is 0. The molecule has 0 aliphatic rings. The fraction of sp³-hybridized carbons (Fsp3) is 0. The summed E-state index contributed by atoms with van der Waals surface area (Å²) in [6.45, 7) is 0. The van der Waals surface area contributed by atoms with Crippen molar-refractivity contribution in [2.24, 2.45) is 0 Å². The molecule has 5 aromatic rings. The van der Waals surface area contributed by atoms with Crippen LogP contribution in [0.1, 0.15) is 0 Å². The van der Waals surface area contributed by atoms with Crippen molar-refractivity contribution in [1.29, 1.82) is 0 Å². The van der Waals surface area contributed by atoms with E-state index in [9.17, 15) is 0 Å². The van der Waals surface area contributed by atoms with E-state index in [2.05, 4.69) is 91.0 Å². The molecule has 27 heavy (non-hydrogen) atoms. The van der Waals surface area contributed by atoms with Crippen molar-refractivity contribution in [2.75, 3.05) is 0 Å². The topological polar surface area (TPSA) is 0 Å². The summed E-state index contributed by atoms with van der Waals surface area (Å²) in [5.41, 5.74) is 4.91. The SMILES string of the molecule is Clc1cccc(-c2c3ccccc3c(-c3ccccc3)c3ccccc23)c1. The van der Waals surface area contributed by atoms with Crippen molar-refractivity contribution >= 4 is 33.1 Å². The fourth-order valence-corrected chi connectivity index (χ4v) is 4.19. The summed E-state index contributed by atoms with van der Waals surface area (Å²) in [4.78, 5) is 0. The van der Waals surface area contributed by atoms with Crippen LogP contribution in [0.5, 0.6) is 0 Å². The molecular weight excluding hydrogens is 348 g/mol. The van der Waals surface area contributed by atoms with Crippen molar-refractivity contribution in [1.82, 2.24) is 0 Å². The highest BCUT2D eigenvalue weighted by atomic mass is 35.5. The number of rotatable bonds is 2. The molecule has 0 atom stereocenters. The third-order valence-corrected chi connectivity index (χ3v) is 5.34. The maximum atomic E-state index is 6.32. The lowest BCUT2D eigenvalue weighted by Gasteiger charge is -2.17. The third-order valence-electron chi connectivity index (χ3n) is 5.11. The summed E-state index contributed by atoms with van der Waals surface area (Å²) in [5, 5.41) is 5.78. The highest BCUT2D eigenvalue weighted by molar-refractivity contribution is 6.31. The lowest BCUT2D eigenvalue weighted by atomic mass is 9.86. The molecule has 0 aliphatic heterocycles. The number of fused-ring (bicyclic) bond motifs is 2. The van der Waals surface area contributed by atoms with E-state index < -0.39 is 0 Å². The monoisotopic (exact) mass is 364 g/mol. The third kappa shape index (κ3) is 2.70. The first-order valence-electron chi connectivity index (χ1n) is 9.08. The van der Waals surface area contributed by atoms with E-state index in [0.717, 1.165) is 10.6 Å². The first-order valence-corrected chi connectivity index (χ1v) is 9.45. The second-order valence-corrected chi connectivity index (χ2v) is 7.15. The number of hydrogen-bond acceptors (Lipinski definition) is 0. The van der Waals surface area contributed by atoms with Gasteiger partial charge in [0, 0.05) is 5.02 Å². The summed E-state index contributed by atoms with van der Waals surface area (Å²) in [6.07, 6.45) is 0. The van der Waals surface area contributed by atoms with E-state index >= 15 is 0 Å². The highest BCUT2D eigenvalue weighted by Crippen LogP contribution is 2.43. The maximum Gasteiger partial charge on any atom is 0.0412 e. The van der Waals surface area contributed by atoms with Gasteiger partial charge in [0.1, 0.15) is 0 Å². The summed E-state index contributed by atoms with van der Waals surface area (Å²) in [7, 11) is 0. The van der Waals surface area contributed by atoms with Gasteiger partial charge in [0.15, 0.2) is 0 Å².